The van der Waals surface area contributed by atoms with Crippen molar-refractivity contribution in [1.82, 2.24) is 10.1 Å². The van der Waals surface area contributed by atoms with Crippen molar-refractivity contribution in [1.29, 1.82) is 0 Å². The molecule has 22 heavy (non-hydrogen) atoms. The molecule has 0 bridgehead atoms. The van der Waals surface area contributed by atoms with Gasteiger partial charge < -0.3 is 15.2 Å². The Balaban J connectivity index is 2.01. The minimum absolute atomic E-state index is 0.0926. The van der Waals surface area contributed by atoms with Crippen molar-refractivity contribution in [2.24, 2.45) is 5.92 Å². The first kappa shape index (κ1) is 16.0. The summed E-state index contributed by atoms with van der Waals surface area (Å²) in [5.74, 6) is 1.69. The first-order chi connectivity index (χ1) is 10.4. The van der Waals surface area contributed by atoms with Crippen LogP contribution >= 0.6 is 0 Å². The lowest BCUT2D eigenvalue weighted by Crippen LogP contribution is -2.07. The highest BCUT2D eigenvalue weighted by Crippen LogP contribution is 2.21. The number of rotatable bonds is 6. The van der Waals surface area contributed by atoms with Crippen molar-refractivity contribution in [2.45, 2.75) is 40.7 Å². The van der Waals surface area contributed by atoms with Crippen LogP contribution in [-0.2, 0) is 17.8 Å². The summed E-state index contributed by atoms with van der Waals surface area (Å²) in [4.78, 5) is 15.5. The lowest BCUT2D eigenvalue weighted by Gasteiger charge is -2.10. The molecule has 1 amide bonds. The molecule has 118 valence electrons. The Kier molecular flexibility index (Phi) is 5.14. The van der Waals surface area contributed by atoms with E-state index in [-0.39, 0.29) is 5.91 Å². The number of carbonyl (C=O) groups excluding carboxylic acids is 1. The summed E-state index contributed by atoms with van der Waals surface area (Å²) < 4.78 is 5.23. The van der Waals surface area contributed by atoms with E-state index in [9.17, 15) is 4.79 Å². The number of benzene rings is 1. The summed E-state index contributed by atoms with van der Waals surface area (Å²) >= 11 is 0. The summed E-state index contributed by atoms with van der Waals surface area (Å²) in [6.07, 6.45) is 0.806. The molecule has 1 heterocycles. The zero-order valence-corrected chi connectivity index (χ0v) is 13.4. The Bertz CT molecular complexity index is 649. The van der Waals surface area contributed by atoms with Crippen molar-refractivity contribution in [3.63, 3.8) is 0 Å². The van der Waals surface area contributed by atoms with Gasteiger partial charge in [0.05, 0.1) is 6.54 Å². The van der Waals surface area contributed by atoms with Crippen LogP contribution in [0.5, 0.6) is 0 Å². The number of anilines is 2. The second-order valence-corrected chi connectivity index (χ2v) is 5.77. The van der Waals surface area contributed by atoms with Crippen LogP contribution in [0.2, 0.25) is 0 Å². The zero-order valence-electron chi connectivity index (χ0n) is 13.4. The van der Waals surface area contributed by atoms with Gasteiger partial charge in [0.15, 0.2) is 5.82 Å². The molecule has 0 saturated carbocycles. The fraction of sp³-hybridized carbons (Fsp3) is 0.438. The number of nitrogens with zero attached hydrogens (tertiary/aromatic N) is 2. The first-order valence-corrected chi connectivity index (χ1v) is 7.37. The number of nitrogens with one attached hydrogen (secondary N) is 2. The van der Waals surface area contributed by atoms with Crippen LogP contribution < -0.4 is 10.6 Å². The highest BCUT2D eigenvalue weighted by atomic mass is 16.5. The predicted molar refractivity (Wildman–Crippen MR) is 85.6 cm³/mol. The second kappa shape index (κ2) is 7.06. The van der Waals surface area contributed by atoms with Gasteiger partial charge in [-0.15, -0.1) is 0 Å². The molecule has 6 nitrogen and oxygen atoms in total. The van der Waals surface area contributed by atoms with E-state index in [1.54, 1.807) is 0 Å². The Labute approximate surface area is 130 Å². The molecule has 2 N–H and O–H groups in total. The molecule has 0 radical (unpaired) electrons. The van der Waals surface area contributed by atoms with Crippen LogP contribution in [-0.4, -0.2) is 16.0 Å². The number of hydrogen-bond acceptors (Lipinski definition) is 5. The van der Waals surface area contributed by atoms with Gasteiger partial charge in [-0.25, -0.2) is 0 Å². The average Bonchev–Trinajstić information content (AvgIpc) is 2.85. The van der Waals surface area contributed by atoms with Gasteiger partial charge in [-0.05, 0) is 30.5 Å². The quantitative estimate of drug-likeness (QED) is 0.857. The molecule has 0 atom stereocenters. The van der Waals surface area contributed by atoms with Gasteiger partial charge in [-0.3, -0.25) is 4.79 Å². The molecule has 0 spiro atoms. The Hall–Kier alpha value is -2.37. The standard InChI is InChI=1S/C16H22N4O2/c1-10(2)7-15-19-16(22-20-15)9-17-14-8-13(18-12(4)21)6-5-11(14)3/h5-6,8,10,17H,7,9H2,1-4H3,(H,18,21). The Morgan fingerprint density at radius 2 is 2.14 bits per heavy atom. The summed E-state index contributed by atoms with van der Waals surface area (Å²) in [5.41, 5.74) is 2.76. The smallest absolute Gasteiger partial charge is 0.245 e. The van der Waals surface area contributed by atoms with Crippen molar-refractivity contribution in [2.75, 3.05) is 10.6 Å². The molecule has 1 aromatic carbocycles. The van der Waals surface area contributed by atoms with Gasteiger partial charge in [-0.2, -0.15) is 4.98 Å². The molecule has 1 aromatic heterocycles. The van der Waals surface area contributed by atoms with Crippen LogP contribution in [0.15, 0.2) is 22.7 Å². The van der Waals surface area contributed by atoms with Gasteiger partial charge in [0.25, 0.3) is 0 Å². The number of hydrogen-bond donors (Lipinski definition) is 2. The minimum Gasteiger partial charge on any atom is -0.376 e. The van der Waals surface area contributed by atoms with E-state index in [0.717, 1.165) is 29.2 Å². The summed E-state index contributed by atoms with van der Waals surface area (Å²) in [6, 6.07) is 5.71. The second-order valence-electron chi connectivity index (χ2n) is 5.77. The maximum Gasteiger partial charge on any atom is 0.245 e. The highest BCUT2D eigenvalue weighted by molar-refractivity contribution is 5.89. The third kappa shape index (κ3) is 4.58. The molecule has 0 aliphatic carbocycles. The van der Waals surface area contributed by atoms with Crippen LogP contribution in [0.3, 0.4) is 0 Å². The molecule has 0 fully saturated rings. The Morgan fingerprint density at radius 1 is 1.36 bits per heavy atom. The van der Waals surface area contributed by atoms with E-state index in [2.05, 4.69) is 34.6 Å². The zero-order chi connectivity index (χ0) is 16.1. The number of carbonyl (C=O) groups is 1. The Morgan fingerprint density at radius 3 is 2.82 bits per heavy atom. The molecule has 6 heteroatoms. The first-order valence-electron chi connectivity index (χ1n) is 7.37. The predicted octanol–water partition coefficient (Wildman–Crippen LogP) is 3.15. The SMILES string of the molecule is CC(=O)Nc1ccc(C)c(NCc2nc(CC(C)C)no2)c1. The van der Waals surface area contributed by atoms with Crippen LogP contribution in [0.4, 0.5) is 11.4 Å². The number of aromatic nitrogens is 2. The third-order valence-corrected chi connectivity index (χ3v) is 3.09. The summed E-state index contributed by atoms with van der Waals surface area (Å²) in [7, 11) is 0. The van der Waals surface area contributed by atoms with Crippen molar-refractivity contribution >= 4 is 17.3 Å². The molecule has 0 aliphatic heterocycles. The average molecular weight is 302 g/mol. The maximum absolute atomic E-state index is 11.1. The summed E-state index contributed by atoms with van der Waals surface area (Å²) in [5, 5.41) is 9.99. The molecule has 2 rings (SSSR count). The van der Waals surface area contributed by atoms with Gasteiger partial charge in [-0.1, -0.05) is 25.1 Å². The van der Waals surface area contributed by atoms with Gasteiger partial charge in [0.2, 0.25) is 11.8 Å². The van der Waals surface area contributed by atoms with E-state index in [0.29, 0.717) is 18.4 Å². The fourth-order valence-electron chi connectivity index (χ4n) is 2.07. The molecular formula is C16H22N4O2. The van der Waals surface area contributed by atoms with Gasteiger partial charge >= 0.3 is 0 Å². The maximum atomic E-state index is 11.1. The monoisotopic (exact) mass is 302 g/mol. The van der Waals surface area contributed by atoms with Crippen LogP contribution in [0.1, 0.15) is 38.0 Å². The number of amides is 1. The lowest BCUT2D eigenvalue weighted by atomic mass is 10.1. The highest BCUT2D eigenvalue weighted by Gasteiger charge is 2.09. The third-order valence-electron chi connectivity index (χ3n) is 3.09. The van der Waals surface area contributed by atoms with Crippen LogP contribution in [0.25, 0.3) is 0 Å². The van der Waals surface area contributed by atoms with Gasteiger partial charge in [0.1, 0.15) is 0 Å². The topological polar surface area (TPSA) is 80.0 Å². The van der Waals surface area contributed by atoms with E-state index in [1.807, 2.05) is 25.1 Å². The van der Waals surface area contributed by atoms with Crippen molar-refractivity contribution in [3.8, 4) is 0 Å². The normalized spacial score (nSPS) is 10.8. The van der Waals surface area contributed by atoms with Crippen LogP contribution in [0, 0.1) is 12.8 Å². The van der Waals surface area contributed by atoms with Gasteiger partial charge in [0, 0.05) is 24.7 Å². The fourth-order valence-corrected chi connectivity index (χ4v) is 2.07. The minimum atomic E-state index is -0.0926. The molecule has 0 unspecified atom stereocenters. The summed E-state index contributed by atoms with van der Waals surface area (Å²) in [6.45, 7) is 8.17. The van der Waals surface area contributed by atoms with Crippen molar-refractivity contribution in [3.05, 3.63) is 35.5 Å². The molecule has 2 aromatic rings. The molecular weight excluding hydrogens is 280 g/mol. The van der Waals surface area contributed by atoms with E-state index in [1.165, 1.54) is 6.92 Å². The largest absolute Gasteiger partial charge is 0.376 e. The van der Waals surface area contributed by atoms with Crippen molar-refractivity contribution < 1.29 is 9.32 Å². The van der Waals surface area contributed by atoms with E-state index >= 15 is 0 Å². The number of aryl methyl sites for hydroxylation is 1. The van der Waals surface area contributed by atoms with E-state index in [4.69, 9.17) is 4.52 Å². The molecule has 0 saturated heterocycles. The molecule has 0 aliphatic rings. The van der Waals surface area contributed by atoms with E-state index < -0.39 is 0 Å². The lowest BCUT2D eigenvalue weighted by molar-refractivity contribution is -0.114.